The van der Waals surface area contributed by atoms with Gasteiger partial charge in [-0.2, -0.15) is 0 Å². The molecular weight excluding hydrogens is 550 g/mol. The van der Waals surface area contributed by atoms with Gasteiger partial charge in [-0.25, -0.2) is 13.6 Å². The third-order valence-corrected chi connectivity index (χ3v) is 8.30. The molecule has 5 rings (SSSR count). The molecule has 2 aromatic carbocycles. The smallest absolute Gasteiger partial charge is 0.338 e. The van der Waals surface area contributed by atoms with Crippen LogP contribution < -0.4 is 10.6 Å². The van der Waals surface area contributed by atoms with Crippen LogP contribution in [0.25, 0.3) is 0 Å². The highest BCUT2D eigenvalue weighted by Crippen LogP contribution is 2.52. The number of rotatable bonds is 7. The maximum absolute atomic E-state index is 15.5. The van der Waals surface area contributed by atoms with Crippen LogP contribution in [0.2, 0.25) is 0 Å². The minimum atomic E-state index is -1.30. The molecule has 3 aromatic rings. The number of ether oxygens (including phenoxy) is 2. The molecule has 0 unspecified atom stereocenters. The van der Waals surface area contributed by atoms with Crippen LogP contribution in [-0.4, -0.2) is 30.9 Å². The minimum Gasteiger partial charge on any atom is -0.465 e. The van der Waals surface area contributed by atoms with E-state index in [1.54, 1.807) is 32.0 Å². The maximum atomic E-state index is 15.5. The molecule has 1 aliphatic heterocycles. The van der Waals surface area contributed by atoms with Crippen molar-refractivity contribution < 1.29 is 32.6 Å². The van der Waals surface area contributed by atoms with Gasteiger partial charge in [0.15, 0.2) is 5.78 Å². The number of carbonyl (C=O) groups excluding carboxylic acids is 3. The van der Waals surface area contributed by atoms with Gasteiger partial charge in [0.05, 0.1) is 30.4 Å². The molecule has 0 fully saturated rings. The summed E-state index contributed by atoms with van der Waals surface area (Å²) in [6.45, 7) is 3.26. The van der Waals surface area contributed by atoms with Crippen molar-refractivity contribution >= 4 is 34.7 Å². The van der Waals surface area contributed by atoms with Crippen LogP contribution in [0.4, 0.5) is 14.5 Å². The van der Waals surface area contributed by atoms with Crippen molar-refractivity contribution in [2.45, 2.75) is 32.1 Å². The molecule has 0 amide bonds. The Labute approximate surface area is 239 Å². The first kappa shape index (κ1) is 28.2. The molecule has 212 valence electrons. The third kappa shape index (κ3) is 4.93. The maximum Gasteiger partial charge on any atom is 0.338 e. The second-order valence-electron chi connectivity index (χ2n) is 9.54. The van der Waals surface area contributed by atoms with Gasteiger partial charge in [-0.15, -0.1) is 11.3 Å². The Hall–Kier alpha value is -4.31. The predicted molar refractivity (Wildman–Crippen MR) is 150 cm³/mol. The molecule has 3 atom stereocenters. The van der Waals surface area contributed by atoms with Crippen LogP contribution in [0.1, 0.15) is 42.5 Å². The lowest BCUT2D eigenvalue weighted by Crippen LogP contribution is -2.46. The fraction of sp³-hybridized carbons (Fsp3) is 0.258. The number of benzene rings is 2. The zero-order chi connectivity index (χ0) is 29.3. The number of thiophene rings is 1. The Balaban J connectivity index is 1.84. The molecule has 0 saturated carbocycles. The predicted octanol–water partition coefficient (Wildman–Crippen LogP) is 5.55. The number of carbonyl (C=O) groups is 3. The zero-order valence-corrected chi connectivity index (χ0v) is 23.3. The lowest BCUT2D eigenvalue weighted by Gasteiger charge is -2.43. The van der Waals surface area contributed by atoms with Crippen LogP contribution in [-0.2, 0) is 23.9 Å². The molecule has 10 heteroatoms. The van der Waals surface area contributed by atoms with Gasteiger partial charge in [0, 0.05) is 27.6 Å². The van der Waals surface area contributed by atoms with Gasteiger partial charge in [-0.3, -0.25) is 14.5 Å². The fourth-order valence-corrected chi connectivity index (χ4v) is 6.50. The topological polar surface area (TPSA) is 98.9 Å². The average molecular weight is 579 g/mol. The van der Waals surface area contributed by atoms with Gasteiger partial charge in [-0.1, -0.05) is 36.4 Å². The molecule has 7 nitrogen and oxygen atoms in total. The molecular formula is C31H28F2N2O5S. The summed E-state index contributed by atoms with van der Waals surface area (Å²) in [5.41, 5.74) is 6.71. The summed E-state index contributed by atoms with van der Waals surface area (Å²) >= 11 is 1.37. The highest BCUT2D eigenvalue weighted by molar-refractivity contribution is 7.10. The first-order valence-corrected chi connectivity index (χ1v) is 14.1. The number of allylic oxidation sites excluding steroid dienone is 2. The fourth-order valence-electron chi connectivity index (χ4n) is 5.64. The van der Waals surface area contributed by atoms with Crippen LogP contribution in [0.3, 0.4) is 0 Å². The van der Waals surface area contributed by atoms with E-state index in [4.69, 9.17) is 15.2 Å². The molecule has 2 aliphatic rings. The number of esters is 2. The number of para-hydroxylation sites is 1. The molecule has 0 bridgehead atoms. The molecule has 0 radical (unpaired) electrons. The van der Waals surface area contributed by atoms with Crippen molar-refractivity contribution in [3.05, 3.63) is 111 Å². The number of halogens is 2. The summed E-state index contributed by atoms with van der Waals surface area (Å²) in [6, 6.07) is 15.2. The van der Waals surface area contributed by atoms with Gasteiger partial charge < -0.3 is 15.2 Å². The summed E-state index contributed by atoms with van der Waals surface area (Å²) in [7, 11) is 0. The Morgan fingerprint density at radius 3 is 2.29 bits per heavy atom. The summed E-state index contributed by atoms with van der Waals surface area (Å²) in [5, 5.41) is 1.83. The molecule has 0 saturated heterocycles. The van der Waals surface area contributed by atoms with E-state index in [1.807, 2.05) is 11.4 Å². The Bertz CT molecular complexity index is 1570. The molecule has 1 aliphatic carbocycles. The second-order valence-corrected chi connectivity index (χ2v) is 10.5. The van der Waals surface area contributed by atoms with Crippen molar-refractivity contribution in [2.75, 3.05) is 18.1 Å². The standard InChI is InChI=1S/C31H28F2N2O5S/c1-3-39-30(37)25-18(23-14-9-15-41-23)16-22-26(28(25)36)24(17-10-5-6-11-19(17)32)27(31(38)40-4-2)29(34)35(22)21-13-8-7-12-20(21)33/h5-15,18,24-25H,3-4,16,34H2,1-2H3/t18-,24+,25+/m0/s1. The summed E-state index contributed by atoms with van der Waals surface area (Å²) in [6.07, 6.45) is 0.0706. The van der Waals surface area contributed by atoms with Gasteiger partial charge in [0.25, 0.3) is 0 Å². The number of nitrogens with zero attached hydrogens (tertiary/aromatic N) is 1. The molecule has 2 N–H and O–H groups in total. The molecule has 41 heavy (non-hydrogen) atoms. The van der Waals surface area contributed by atoms with E-state index in [2.05, 4.69) is 0 Å². The highest BCUT2D eigenvalue weighted by atomic mass is 32.1. The van der Waals surface area contributed by atoms with E-state index in [1.165, 1.54) is 52.6 Å². The van der Waals surface area contributed by atoms with E-state index in [-0.39, 0.29) is 53.5 Å². The van der Waals surface area contributed by atoms with Crippen LogP contribution in [0.15, 0.2) is 88.7 Å². The summed E-state index contributed by atoms with van der Waals surface area (Å²) < 4.78 is 41.5. The van der Waals surface area contributed by atoms with Gasteiger partial charge in [-0.05, 0) is 49.9 Å². The normalized spacial score (nSPS) is 20.6. The minimum absolute atomic E-state index is 0.00130. The van der Waals surface area contributed by atoms with Gasteiger partial charge in [0.2, 0.25) is 0 Å². The van der Waals surface area contributed by atoms with E-state index >= 15 is 8.78 Å². The van der Waals surface area contributed by atoms with Crippen molar-refractivity contribution in [3.63, 3.8) is 0 Å². The largest absolute Gasteiger partial charge is 0.465 e. The third-order valence-electron chi connectivity index (χ3n) is 7.29. The zero-order valence-electron chi connectivity index (χ0n) is 22.4. The number of Topliss-reactive ketones (excluding diaryl/α,β-unsaturated/α-hetero) is 1. The number of hydrogen-bond acceptors (Lipinski definition) is 8. The number of ketones is 1. The first-order chi connectivity index (χ1) is 19.8. The lowest BCUT2D eigenvalue weighted by molar-refractivity contribution is -0.152. The van der Waals surface area contributed by atoms with Crippen molar-refractivity contribution in [1.29, 1.82) is 0 Å². The Morgan fingerprint density at radius 1 is 0.976 bits per heavy atom. The SMILES string of the molecule is CCOC(=O)C1=C(N)N(c2ccccc2F)C2=C(C(=O)[C@H](C(=O)OCC)[C@H](c3cccs3)C2)[C@H]1c1ccccc1F. The van der Waals surface area contributed by atoms with Crippen LogP contribution in [0, 0.1) is 17.6 Å². The van der Waals surface area contributed by atoms with Crippen molar-refractivity contribution in [3.8, 4) is 0 Å². The monoisotopic (exact) mass is 578 g/mol. The van der Waals surface area contributed by atoms with E-state index in [0.29, 0.717) is 0 Å². The molecule has 2 heterocycles. The quantitative estimate of drug-likeness (QED) is 0.290. The van der Waals surface area contributed by atoms with Crippen molar-refractivity contribution in [1.82, 2.24) is 0 Å². The number of hydrogen-bond donors (Lipinski definition) is 1. The van der Waals surface area contributed by atoms with E-state index in [9.17, 15) is 14.4 Å². The number of anilines is 1. The molecule has 0 spiro atoms. The average Bonchev–Trinajstić information content (AvgIpc) is 3.49. The Kier molecular flexibility index (Phi) is 8.03. The summed E-state index contributed by atoms with van der Waals surface area (Å²) in [5.74, 6) is -7.01. The van der Waals surface area contributed by atoms with Gasteiger partial charge >= 0.3 is 11.9 Å². The number of nitrogens with two attached hydrogens (primary N) is 1. The lowest BCUT2D eigenvalue weighted by atomic mass is 9.68. The summed E-state index contributed by atoms with van der Waals surface area (Å²) in [4.78, 5) is 43.5. The van der Waals surface area contributed by atoms with Crippen molar-refractivity contribution in [2.24, 2.45) is 11.7 Å². The molecule has 1 aromatic heterocycles. The van der Waals surface area contributed by atoms with Crippen LogP contribution >= 0.6 is 11.3 Å². The van der Waals surface area contributed by atoms with E-state index in [0.717, 1.165) is 4.88 Å². The van der Waals surface area contributed by atoms with Gasteiger partial charge in [0.1, 0.15) is 23.4 Å². The highest BCUT2D eigenvalue weighted by Gasteiger charge is 2.52. The first-order valence-electron chi connectivity index (χ1n) is 13.2. The van der Waals surface area contributed by atoms with E-state index < -0.39 is 47.1 Å². The Morgan fingerprint density at radius 2 is 1.66 bits per heavy atom. The second kappa shape index (κ2) is 11.7. The van der Waals surface area contributed by atoms with Crippen LogP contribution in [0.5, 0.6) is 0 Å².